The third-order valence-corrected chi connectivity index (χ3v) is 7.10. The summed E-state index contributed by atoms with van der Waals surface area (Å²) in [5, 5.41) is 2.70. The summed E-state index contributed by atoms with van der Waals surface area (Å²) in [7, 11) is -6.92. The molecule has 1 atom stereocenters. The topological polar surface area (TPSA) is 64.1 Å². The maximum atomic E-state index is 12.5. The quantitative estimate of drug-likeness (QED) is 0.768. The molecule has 0 fully saturated rings. The number of hydrogen-bond donors (Lipinski definition) is 0. The molecule has 24 heavy (non-hydrogen) atoms. The highest BCUT2D eigenvalue weighted by atomic mass is 32.2. The molecular weight excluding hydrogens is 383 g/mol. The number of halogens is 3. The van der Waals surface area contributed by atoms with Gasteiger partial charge in [-0.3, -0.25) is 4.21 Å². The summed E-state index contributed by atoms with van der Waals surface area (Å²) in [6.07, 6.45) is 0. The van der Waals surface area contributed by atoms with Crippen LogP contribution in [-0.4, -0.2) is 23.1 Å². The van der Waals surface area contributed by atoms with Gasteiger partial charge in [0, 0.05) is 16.2 Å². The van der Waals surface area contributed by atoms with Crippen molar-refractivity contribution in [3.05, 3.63) is 40.3 Å². The van der Waals surface area contributed by atoms with Crippen LogP contribution >= 0.6 is 11.3 Å². The fourth-order valence-corrected chi connectivity index (χ4v) is 4.50. The molecule has 2 aromatic rings. The minimum atomic E-state index is -5.39. The Morgan fingerprint density at radius 1 is 1.21 bits per heavy atom. The van der Waals surface area contributed by atoms with Crippen molar-refractivity contribution in [1.82, 2.24) is 4.98 Å². The molecule has 132 valence electrons. The van der Waals surface area contributed by atoms with Gasteiger partial charge in [-0.15, -0.1) is 11.3 Å². The van der Waals surface area contributed by atoms with E-state index in [1.807, 2.05) is 13.8 Å². The van der Waals surface area contributed by atoms with Crippen LogP contribution in [-0.2, 0) is 26.4 Å². The lowest BCUT2D eigenvalue weighted by Crippen LogP contribution is -2.23. The Morgan fingerprint density at radius 2 is 1.79 bits per heavy atom. The lowest BCUT2D eigenvalue weighted by molar-refractivity contribution is -0.0436. The van der Waals surface area contributed by atoms with Crippen molar-refractivity contribution >= 4 is 32.0 Å². The van der Waals surface area contributed by atoms with Crippen molar-refractivity contribution in [3.8, 4) is 0 Å². The molecule has 0 N–H and O–H groups in total. The number of thiazole rings is 1. The number of nitrogens with zero attached hydrogens (tertiary/aromatic N) is 1. The predicted molar refractivity (Wildman–Crippen MR) is 86.0 cm³/mol. The number of rotatable bonds is 5. The number of alkyl halides is 3. The summed E-state index contributed by atoms with van der Waals surface area (Å²) in [5.74, 6) is 0.373. The summed E-state index contributed by atoms with van der Waals surface area (Å²) in [6, 6.07) is 3.89. The molecule has 0 aliphatic heterocycles. The van der Waals surface area contributed by atoms with E-state index >= 15 is 0 Å². The van der Waals surface area contributed by atoms with Crippen LogP contribution in [0.5, 0.6) is 0 Å². The molecule has 2 rings (SSSR count). The van der Waals surface area contributed by atoms with Crippen LogP contribution in [0.3, 0.4) is 0 Å². The molecule has 4 nitrogen and oxygen atoms in total. The molecule has 1 heterocycles. The Hall–Kier alpha value is -1.26. The Kier molecular flexibility index (Phi) is 5.50. The van der Waals surface area contributed by atoms with E-state index in [0.717, 1.165) is 29.3 Å². The second-order valence-electron chi connectivity index (χ2n) is 5.24. The van der Waals surface area contributed by atoms with Gasteiger partial charge >= 0.3 is 5.51 Å². The number of sulfone groups is 1. The summed E-state index contributed by atoms with van der Waals surface area (Å²) >= 11 is 1.45. The van der Waals surface area contributed by atoms with Crippen molar-refractivity contribution in [3.63, 3.8) is 0 Å². The van der Waals surface area contributed by atoms with Gasteiger partial charge in [0.05, 0.1) is 32.1 Å². The molecule has 1 unspecified atom stereocenters. The molecule has 1 aromatic carbocycles. The van der Waals surface area contributed by atoms with Gasteiger partial charge < -0.3 is 0 Å². The molecule has 0 saturated heterocycles. The van der Waals surface area contributed by atoms with Crippen LogP contribution in [0.25, 0.3) is 0 Å². The van der Waals surface area contributed by atoms with E-state index in [2.05, 4.69) is 4.98 Å². The Bertz CT molecular complexity index is 840. The van der Waals surface area contributed by atoms with Crippen molar-refractivity contribution in [2.45, 2.75) is 40.8 Å². The average molecular weight is 397 g/mol. The van der Waals surface area contributed by atoms with E-state index < -0.39 is 31.0 Å². The van der Waals surface area contributed by atoms with E-state index in [4.69, 9.17) is 0 Å². The van der Waals surface area contributed by atoms with E-state index in [0.29, 0.717) is 5.69 Å². The molecule has 0 aliphatic carbocycles. The van der Waals surface area contributed by atoms with Crippen LogP contribution in [0.1, 0.15) is 30.5 Å². The predicted octanol–water partition coefficient (Wildman–Crippen LogP) is 3.87. The van der Waals surface area contributed by atoms with Crippen LogP contribution in [0.4, 0.5) is 13.2 Å². The first-order valence-electron chi connectivity index (χ1n) is 6.76. The third-order valence-electron chi connectivity index (χ3n) is 3.04. The van der Waals surface area contributed by atoms with Gasteiger partial charge in [0.2, 0.25) is 0 Å². The van der Waals surface area contributed by atoms with Gasteiger partial charge in [-0.25, -0.2) is 13.4 Å². The summed E-state index contributed by atoms with van der Waals surface area (Å²) < 4.78 is 72.3. The lowest BCUT2D eigenvalue weighted by atomic mass is 10.2. The minimum Gasteiger partial charge on any atom is -0.254 e. The standard InChI is InChI=1S/C14H14F3NO3S3/c1-9(2)13-18-10(7-22-13)8-23(19)11-3-5-12(6-4-11)24(20,21)14(15,16)17/h3-7,9H,8H2,1-2H3. The molecule has 1 aromatic heterocycles. The van der Waals surface area contributed by atoms with Gasteiger partial charge in [-0.1, -0.05) is 13.8 Å². The number of aromatic nitrogens is 1. The van der Waals surface area contributed by atoms with E-state index in [1.54, 1.807) is 5.38 Å². The van der Waals surface area contributed by atoms with E-state index in [-0.39, 0.29) is 16.6 Å². The summed E-state index contributed by atoms with van der Waals surface area (Å²) in [5.41, 5.74) is -4.73. The Labute approximate surface area is 144 Å². The largest absolute Gasteiger partial charge is 0.501 e. The van der Waals surface area contributed by atoms with Crippen molar-refractivity contribution < 1.29 is 25.8 Å². The van der Waals surface area contributed by atoms with Gasteiger partial charge in [0.15, 0.2) is 0 Å². The first-order chi connectivity index (χ1) is 11.0. The Morgan fingerprint density at radius 3 is 2.25 bits per heavy atom. The molecular formula is C14H14F3NO3S3. The van der Waals surface area contributed by atoms with Crippen molar-refractivity contribution in [2.24, 2.45) is 0 Å². The molecule has 0 saturated carbocycles. The highest BCUT2D eigenvalue weighted by Crippen LogP contribution is 2.30. The van der Waals surface area contributed by atoms with Crippen LogP contribution < -0.4 is 0 Å². The maximum absolute atomic E-state index is 12.5. The van der Waals surface area contributed by atoms with Gasteiger partial charge in [0.1, 0.15) is 0 Å². The van der Waals surface area contributed by atoms with E-state index in [1.165, 1.54) is 11.3 Å². The van der Waals surface area contributed by atoms with E-state index in [9.17, 15) is 25.8 Å². The molecule has 10 heteroatoms. The molecule has 0 spiro atoms. The minimum absolute atomic E-state index is 0.120. The normalized spacial score (nSPS) is 14.1. The zero-order valence-electron chi connectivity index (χ0n) is 12.7. The first-order valence-corrected chi connectivity index (χ1v) is 10.4. The number of hydrogen-bond acceptors (Lipinski definition) is 5. The van der Waals surface area contributed by atoms with Crippen molar-refractivity contribution in [2.75, 3.05) is 0 Å². The average Bonchev–Trinajstić information content (AvgIpc) is 2.95. The monoisotopic (exact) mass is 397 g/mol. The van der Waals surface area contributed by atoms with Gasteiger partial charge in [-0.2, -0.15) is 13.2 Å². The highest BCUT2D eigenvalue weighted by Gasteiger charge is 2.46. The summed E-state index contributed by atoms with van der Waals surface area (Å²) in [6.45, 7) is 3.97. The second kappa shape index (κ2) is 6.93. The second-order valence-corrected chi connectivity index (χ2v) is 9.52. The molecule has 0 radical (unpaired) electrons. The fraction of sp³-hybridized carbons (Fsp3) is 0.357. The third kappa shape index (κ3) is 4.04. The fourth-order valence-electron chi connectivity index (χ4n) is 1.78. The highest BCUT2D eigenvalue weighted by molar-refractivity contribution is 7.92. The van der Waals surface area contributed by atoms with Crippen LogP contribution in [0, 0.1) is 0 Å². The first kappa shape index (κ1) is 19.1. The molecule has 0 aliphatic rings. The Balaban J connectivity index is 2.17. The van der Waals surface area contributed by atoms with Gasteiger partial charge in [0.25, 0.3) is 9.84 Å². The van der Waals surface area contributed by atoms with Crippen molar-refractivity contribution in [1.29, 1.82) is 0 Å². The smallest absolute Gasteiger partial charge is 0.254 e. The number of benzene rings is 1. The lowest BCUT2D eigenvalue weighted by Gasteiger charge is -2.08. The SMILES string of the molecule is CC(C)c1nc(CS(=O)c2ccc(S(=O)(=O)C(F)(F)F)cc2)cs1. The summed E-state index contributed by atoms with van der Waals surface area (Å²) in [4.78, 5) is 3.72. The molecule has 0 amide bonds. The molecule has 0 bridgehead atoms. The van der Waals surface area contributed by atoms with Crippen LogP contribution in [0.2, 0.25) is 0 Å². The zero-order valence-corrected chi connectivity index (χ0v) is 15.2. The zero-order chi connectivity index (χ0) is 18.1. The van der Waals surface area contributed by atoms with Crippen LogP contribution in [0.15, 0.2) is 39.4 Å². The van der Waals surface area contributed by atoms with Gasteiger partial charge in [-0.05, 0) is 24.3 Å². The maximum Gasteiger partial charge on any atom is 0.501 e.